The van der Waals surface area contributed by atoms with Crippen molar-refractivity contribution in [2.75, 3.05) is 0 Å². The quantitative estimate of drug-likeness (QED) is 0.153. The maximum Gasteiger partial charge on any atom is 0.164 e. The topological polar surface area (TPSA) is 51.8 Å². The second-order valence-corrected chi connectivity index (χ2v) is 16.4. The summed E-state index contributed by atoms with van der Waals surface area (Å²) in [5, 5.41) is 4.38. The van der Waals surface area contributed by atoms with E-state index < -0.39 is 0 Å². The Kier molecular flexibility index (Phi) is 9.46. The Labute approximate surface area is 376 Å². The smallest absolute Gasteiger partial charge is 0.164 e. The van der Waals surface area contributed by atoms with Gasteiger partial charge in [0.25, 0.3) is 0 Å². The number of aromatic nitrogens is 3. The van der Waals surface area contributed by atoms with Gasteiger partial charge < -0.3 is 4.42 Å². The average Bonchev–Trinajstić information content (AvgIpc) is 3.79. The van der Waals surface area contributed by atoms with Crippen molar-refractivity contribution in [3.63, 3.8) is 0 Å². The molecule has 12 rings (SSSR count). The molecule has 12 aromatic rings. The van der Waals surface area contributed by atoms with Crippen LogP contribution in [0.15, 0.2) is 241 Å². The molecule has 0 aliphatic heterocycles. The first-order valence-electron chi connectivity index (χ1n) is 21.9. The first kappa shape index (κ1) is 38.0. The van der Waals surface area contributed by atoms with Gasteiger partial charge in [0.05, 0.1) is 0 Å². The normalized spacial score (nSPS) is 11.4. The lowest BCUT2D eigenvalue weighted by Gasteiger charge is -2.11. The van der Waals surface area contributed by atoms with E-state index in [1.165, 1.54) is 33.0 Å². The molecule has 2 aromatic heterocycles. The van der Waals surface area contributed by atoms with E-state index in [0.717, 1.165) is 72.0 Å². The van der Waals surface area contributed by atoms with Gasteiger partial charge in [0.15, 0.2) is 17.5 Å². The van der Waals surface area contributed by atoms with Crippen LogP contribution in [0.2, 0.25) is 0 Å². The fourth-order valence-electron chi connectivity index (χ4n) is 9.02. The lowest BCUT2D eigenvalue weighted by molar-refractivity contribution is 0.670. The first-order valence-corrected chi connectivity index (χ1v) is 21.9. The van der Waals surface area contributed by atoms with Gasteiger partial charge in [0, 0.05) is 33.0 Å². The van der Waals surface area contributed by atoms with Gasteiger partial charge in [-0.2, -0.15) is 0 Å². The maximum absolute atomic E-state index is 6.76. The van der Waals surface area contributed by atoms with Crippen molar-refractivity contribution >= 4 is 32.7 Å². The molecule has 0 bridgehead atoms. The minimum atomic E-state index is 0.576. The molecule has 0 saturated heterocycles. The van der Waals surface area contributed by atoms with Crippen molar-refractivity contribution in [2.45, 2.75) is 0 Å². The molecule has 0 aliphatic rings. The monoisotopic (exact) mass is 829 g/mol. The highest BCUT2D eigenvalue weighted by atomic mass is 16.3. The molecule has 4 heteroatoms. The zero-order chi connectivity index (χ0) is 43.1. The number of para-hydroxylation sites is 1. The molecule has 0 N–H and O–H groups in total. The summed E-state index contributed by atoms with van der Waals surface area (Å²) < 4.78 is 6.76. The van der Waals surface area contributed by atoms with Crippen LogP contribution in [0, 0.1) is 0 Å². The molecule has 4 nitrogen and oxygen atoms in total. The molecule has 0 aliphatic carbocycles. The summed E-state index contributed by atoms with van der Waals surface area (Å²) in [6.07, 6.45) is 0. The predicted molar refractivity (Wildman–Crippen MR) is 268 cm³/mol. The Balaban J connectivity index is 0.982. The summed E-state index contributed by atoms with van der Waals surface area (Å²) >= 11 is 0. The molecule has 10 aromatic carbocycles. The maximum atomic E-state index is 6.76. The van der Waals surface area contributed by atoms with E-state index >= 15 is 0 Å². The number of benzene rings is 10. The van der Waals surface area contributed by atoms with E-state index in [-0.39, 0.29) is 0 Å². The van der Waals surface area contributed by atoms with E-state index in [1.807, 2.05) is 24.3 Å². The summed E-state index contributed by atoms with van der Waals surface area (Å²) in [5.74, 6) is 1.76. The van der Waals surface area contributed by atoms with Gasteiger partial charge in [-0.15, -0.1) is 0 Å². The molecule has 0 unspecified atom stereocenters. The minimum Gasteiger partial charge on any atom is -0.455 e. The van der Waals surface area contributed by atoms with Crippen LogP contribution in [0.25, 0.3) is 123 Å². The highest BCUT2D eigenvalue weighted by Gasteiger charge is 2.20. The number of nitrogens with zero attached hydrogens (tertiary/aromatic N) is 3. The second-order valence-electron chi connectivity index (χ2n) is 16.4. The molecule has 0 spiro atoms. The Morgan fingerprint density at radius 2 is 0.708 bits per heavy atom. The number of hydrogen-bond donors (Lipinski definition) is 0. The Morgan fingerprint density at radius 1 is 0.262 bits per heavy atom. The van der Waals surface area contributed by atoms with E-state index in [1.54, 1.807) is 0 Å². The van der Waals surface area contributed by atoms with E-state index in [9.17, 15) is 0 Å². The third kappa shape index (κ3) is 7.23. The van der Waals surface area contributed by atoms with E-state index in [0.29, 0.717) is 17.5 Å². The standard InChI is InChI=1S/C61H39N3O/c1-3-13-40(14-4-1)43-27-32-45(33-28-43)53-23-11-24-54-57-55(25-12-26-56(57)65-58(53)54)61-63-59(46-34-29-44(30-35-46)49-20-9-19-48(37-49)41-15-5-2-6-16-41)62-60(64-61)52-22-10-21-50(39-52)51-36-31-42-17-7-8-18-47(42)38-51/h1-39H. The molecule has 65 heavy (non-hydrogen) atoms. The lowest BCUT2D eigenvalue weighted by atomic mass is 9.98. The molecule has 2 heterocycles. The molecule has 0 fully saturated rings. The SMILES string of the molecule is c1ccc(-c2ccc(-c3cccc4c3oc3cccc(-c5nc(-c6ccc(-c7cccc(-c8ccccc8)c7)cc6)nc(-c6cccc(-c7ccc8ccccc8c7)c6)n5)c34)cc2)cc1. The van der Waals surface area contributed by atoms with Crippen molar-refractivity contribution in [1.82, 2.24) is 15.0 Å². The third-order valence-corrected chi connectivity index (χ3v) is 12.4. The lowest BCUT2D eigenvalue weighted by Crippen LogP contribution is -2.00. The average molecular weight is 830 g/mol. The third-order valence-electron chi connectivity index (χ3n) is 12.4. The van der Waals surface area contributed by atoms with E-state index in [4.69, 9.17) is 19.4 Å². The number of fused-ring (bicyclic) bond motifs is 4. The summed E-state index contributed by atoms with van der Waals surface area (Å²) in [4.78, 5) is 15.7. The van der Waals surface area contributed by atoms with Crippen molar-refractivity contribution in [3.05, 3.63) is 237 Å². The van der Waals surface area contributed by atoms with Gasteiger partial charge in [-0.3, -0.25) is 0 Å². The second kappa shape index (κ2) is 16.2. The van der Waals surface area contributed by atoms with Gasteiger partial charge >= 0.3 is 0 Å². The Morgan fingerprint density at radius 3 is 1.43 bits per heavy atom. The zero-order valence-corrected chi connectivity index (χ0v) is 35.3. The largest absolute Gasteiger partial charge is 0.455 e. The van der Waals surface area contributed by atoms with Crippen LogP contribution in [0.5, 0.6) is 0 Å². The van der Waals surface area contributed by atoms with Gasteiger partial charge in [0.1, 0.15) is 11.2 Å². The predicted octanol–water partition coefficient (Wildman–Crippen LogP) is 16.3. The van der Waals surface area contributed by atoms with Crippen LogP contribution in [-0.2, 0) is 0 Å². The minimum absolute atomic E-state index is 0.576. The van der Waals surface area contributed by atoms with Gasteiger partial charge in [-0.25, -0.2) is 15.0 Å². The highest BCUT2D eigenvalue weighted by Crippen LogP contribution is 2.41. The van der Waals surface area contributed by atoms with Crippen LogP contribution in [0.4, 0.5) is 0 Å². The fraction of sp³-hybridized carbons (Fsp3) is 0. The van der Waals surface area contributed by atoms with Crippen molar-refractivity contribution < 1.29 is 4.42 Å². The van der Waals surface area contributed by atoms with Crippen LogP contribution in [-0.4, -0.2) is 15.0 Å². The molecule has 0 radical (unpaired) electrons. The van der Waals surface area contributed by atoms with Crippen molar-refractivity contribution in [3.8, 4) is 89.8 Å². The number of furan rings is 1. The van der Waals surface area contributed by atoms with Crippen LogP contribution < -0.4 is 0 Å². The molecular formula is C61H39N3O. The first-order chi connectivity index (χ1) is 32.2. The van der Waals surface area contributed by atoms with Crippen molar-refractivity contribution in [2.24, 2.45) is 0 Å². The summed E-state index contributed by atoms with van der Waals surface area (Å²) in [6.45, 7) is 0. The summed E-state index contributed by atoms with van der Waals surface area (Å²) in [6, 6.07) is 82.9. The van der Waals surface area contributed by atoms with Crippen LogP contribution in [0.3, 0.4) is 0 Å². The number of rotatable bonds is 8. The summed E-state index contributed by atoms with van der Waals surface area (Å²) in [7, 11) is 0. The summed E-state index contributed by atoms with van der Waals surface area (Å²) in [5.41, 5.74) is 15.6. The highest BCUT2D eigenvalue weighted by molar-refractivity contribution is 6.15. The van der Waals surface area contributed by atoms with Crippen LogP contribution in [0.1, 0.15) is 0 Å². The van der Waals surface area contributed by atoms with Gasteiger partial charge in [-0.1, -0.05) is 212 Å². The van der Waals surface area contributed by atoms with Gasteiger partial charge in [0.2, 0.25) is 0 Å². The molecular weight excluding hydrogens is 791 g/mol. The molecule has 0 amide bonds. The fourth-order valence-corrected chi connectivity index (χ4v) is 9.02. The van der Waals surface area contributed by atoms with Crippen molar-refractivity contribution in [1.29, 1.82) is 0 Å². The Bertz CT molecular complexity index is 3690. The Hall–Kier alpha value is -8.73. The van der Waals surface area contributed by atoms with Gasteiger partial charge in [-0.05, 0) is 85.1 Å². The number of hydrogen-bond acceptors (Lipinski definition) is 4. The van der Waals surface area contributed by atoms with E-state index in [2.05, 4.69) is 212 Å². The molecule has 304 valence electrons. The molecule has 0 atom stereocenters. The van der Waals surface area contributed by atoms with Crippen LogP contribution >= 0.6 is 0 Å². The molecule has 0 saturated carbocycles. The zero-order valence-electron chi connectivity index (χ0n) is 35.3.